The van der Waals surface area contributed by atoms with E-state index in [0.717, 1.165) is 4.88 Å². The van der Waals surface area contributed by atoms with E-state index in [4.69, 9.17) is 5.73 Å². The summed E-state index contributed by atoms with van der Waals surface area (Å²) in [6.07, 6.45) is -0.252. The maximum Gasteiger partial charge on any atom is 0.309 e. The van der Waals surface area contributed by atoms with E-state index >= 15 is 0 Å². The molecule has 0 bridgehead atoms. The van der Waals surface area contributed by atoms with Crippen LogP contribution in [0.2, 0.25) is 0 Å². The molecular weight excluding hydrogens is 216 g/mol. The minimum Gasteiger partial charge on any atom is -0.388 e. The molecule has 0 aliphatic heterocycles. The van der Waals surface area contributed by atoms with Crippen LogP contribution in [-0.2, 0) is 9.59 Å². The average molecular weight is 228 g/mol. The molecule has 0 saturated heterocycles. The quantitative estimate of drug-likeness (QED) is 0.622. The van der Waals surface area contributed by atoms with Gasteiger partial charge in [-0.25, -0.2) is 0 Å². The molecule has 0 radical (unpaired) electrons. The van der Waals surface area contributed by atoms with Crippen molar-refractivity contribution in [1.82, 2.24) is 5.32 Å². The zero-order valence-electron chi connectivity index (χ0n) is 7.97. The third-order valence-corrected chi connectivity index (χ3v) is 2.77. The zero-order chi connectivity index (χ0) is 11.3. The molecule has 0 fully saturated rings. The number of aliphatic hydroxyl groups is 1. The smallest absolute Gasteiger partial charge is 0.309 e. The Morgan fingerprint density at radius 3 is 2.87 bits per heavy atom. The first-order valence-corrected chi connectivity index (χ1v) is 5.28. The van der Waals surface area contributed by atoms with Gasteiger partial charge in [0.1, 0.15) is 0 Å². The second-order valence-electron chi connectivity index (χ2n) is 2.94. The Hall–Kier alpha value is -1.40. The normalized spacial score (nSPS) is 12.1. The lowest BCUT2D eigenvalue weighted by atomic mass is 10.2. The van der Waals surface area contributed by atoms with Crippen molar-refractivity contribution in [3.63, 3.8) is 0 Å². The van der Waals surface area contributed by atoms with E-state index < -0.39 is 17.9 Å². The van der Waals surface area contributed by atoms with Crippen molar-refractivity contribution in [2.45, 2.75) is 12.5 Å². The molecule has 82 valence electrons. The van der Waals surface area contributed by atoms with Crippen molar-refractivity contribution in [1.29, 1.82) is 0 Å². The fourth-order valence-electron chi connectivity index (χ4n) is 1.03. The number of amides is 2. The number of hydrogen-bond acceptors (Lipinski definition) is 4. The fourth-order valence-corrected chi connectivity index (χ4v) is 1.78. The van der Waals surface area contributed by atoms with Crippen molar-refractivity contribution >= 4 is 23.2 Å². The van der Waals surface area contributed by atoms with E-state index in [2.05, 4.69) is 5.32 Å². The number of primary amides is 1. The standard InChI is InChI=1S/C9H12N2O3S/c10-8(13)9(14)11-4-3-6(12)7-2-1-5-15-7/h1-2,5-6,12H,3-4H2,(H2,10,13)(H,11,14). The lowest BCUT2D eigenvalue weighted by Gasteiger charge is -2.08. The van der Waals surface area contributed by atoms with Crippen LogP contribution in [0.1, 0.15) is 17.4 Å². The van der Waals surface area contributed by atoms with E-state index in [1.165, 1.54) is 11.3 Å². The van der Waals surface area contributed by atoms with Crippen molar-refractivity contribution in [3.8, 4) is 0 Å². The molecule has 0 aromatic carbocycles. The van der Waals surface area contributed by atoms with E-state index in [1.54, 1.807) is 0 Å². The van der Waals surface area contributed by atoms with Gasteiger partial charge in [-0.2, -0.15) is 0 Å². The number of carbonyl (C=O) groups excluding carboxylic acids is 2. The topological polar surface area (TPSA) is 92.4 Å². The Kier molecular flexibility index (Phi) is 4.26. The predicted molar refractivity (Wildman–Crippen MR) is 56.1 cm³/mol. The highest BCUT2D eigenvalue weighted by molar-refractivity contribution is 7.10. The van der Waals surface area contributed by atoms with Crippen LogP contribution in [-0.4, -0.2) is 23.5 Å². The number of carbonyl (C=O) groups is 2. The molecule has 5 nitrogen and oxygen atoms in total. The highest BCUT2D eigenvalue weighted by atomic mass is 32.1. The third-order valence-electron chi connectivity index (χ3n) is 1.80. The van der Waals surface area contributed by atoms with Crippen LogP contribution in [0.4, 0.5) is 0 Å². The Bertz CT molecular complexity index is 337. The maximum atomic E-state index is 10.7. The van der Waals surface area contributed by atoms with Gasteiger partial charge in [0.25, 0.3) is 0 Å². The van der Waals surface area contributed by atoms with Crippen LogP contribution in [0.15, 0.2) is 17.5 Å². The molecule has 0 aliphatic carbocycles. The molecular formula is C9H12N2O3S. The lowest BCUT2D eigenvalue weighted by Crippen LogP contribution is -2.36. The Morgan fingerprint density at radius 1 is 1.60 bits per heavy atom. The Balaban J connectivity index is 2.26. The lowest BCUT2D eigenvalue weighted by molar-refractivity contribution is -0.137. The number of nitrogens with one attached hydrogen (secondary N) is 1. The van der Waals surface area contributed by atoms with Gasteiger partial charge < -0.3 is 16.2 Å². The van der Waals surface area contributed by atoms with Crippen molar-refractivity contribution in [2.24, 2.45) is 5.73 Å². The molecule has 1 aromatic heterocycles. The van der Waals surface area contributed by atoms with Crippen molar-refractivity contribution in [3.05, 3.63) is 22.4 Å². The second-order valence-corrected chi connectivity index (χ2v) is 3.92. The molecule has 6 heteroatoms. The van der Waals surface area contributed by atoms with Crippen LogP contribution >= 0.6 is 11.3 Å². The summed E-state index contributed by atoms with van der Waals surface area (Å²) in [6.45, 7) is 0.223. The van der Waals surface area contributed by atoms with Gasteiger partial charge in [-0.15, -0.1) is 11.3 Å². The molecule has 4 N–H and O–H groups in total. The molecule has 0 spiro atoms. The first-order valence-electron chi connectivity index (χ1n) is 4.40. The number of thiophene rings is 1. The molecule has 2 amide bonds. The summed E-state index contributed by atoms with van der Waals surface area (Å²) in [5.74, 6) is -1.84. The van der Waals surface area contributed by atoms with E-state index in [-0.39, 0.29) is 6.54 Å². The molecule has 1 rings (SSSR count). The van der Waals surface area contributed by atoms with Gasteiger partial charge in [0.15, 0.2) is 0 Å². The summed E-state index contributed by atoms with van der Waals surface area (Å²) >= 11 is 1.44. The van der Waals surface area contributed by atoms with Crippen LogP contribution in [0.25, 0.3) is 0 Å². The highest BCUT2D eigenvalue weighted by Crippen LogP contribution is 2.20. The first-order chi connectivity index (χ1) is 7.11. The number of nitrogens with two attached hydrogens (primary N) is 1. The van der Waals surface area contributed by atoms with Gasteiger partial charge in [-0.3, -0.25) is 9.59 Å². The predicted octanol–water partition coefficient (Wildman–Crippen LogP) is -0.227. The summed E-state index contributed by atoms with van der Waals surface area (Å²) in [4.78, 5) is 21.9. The summed E-state index contributed by atoms with van der Waals surface area (Å²) in [6, 6.07) is 3.65. The number of hydrogen-bond donors (Lipinski definition) is 3. The van der Waals surface area contributed by atoms with Gasteiger partial charge in [-0.05, 0) is 17.9 Å². The average Bonchev–Trinajstić information content (AvgIpc) is 2.70. The van der Waals surface area contributed by atoms with Gasteiger partial charge >= 0.3 is 11.8 Å². The van der Waals surface area contributed by atoms with Crippen molar-refractivity contribution < 1.29 is 14.7 Å². The molecule has 0 aliphatic rings. The molecule has 1 aromatic rings. The maximum absolute atomic E-state index is 10.7. The number of aliphatic hydroxyl groups excluding tert-OH is 1. The minimum absolute atomic E-state index is 0.223. The summed E-state index contributed by atoms with van der Waals surface area (Å²) < 4.78 is 0. The first kappa shape index (κ1) is 11.7. The summed E-state index contributed by atoms with van der Waals surface area (Å²) in [5, 5.41) is 13.8. The second kappa shape index (κ2) is 5.47. The van der Waals surface area contributed by atoms with Crippen LogP contribution in [0.3, 0.4) is 0 Å². The van der Waals surface area contributed by atoms with E-state index in [1.807, 2.05) is 17.5 Å². The monoisotopic (exact) mass is 228 g/mol. The van der Waals surface area contributed by atoms with Crippen LogP contribution in [0.5, 0.6) is 0 Å². The number of rotatable bonds is 4. The van der Waals surface area contributed by atoms with Gasteiger partial charge in [-0.1, -0.05) is 6.07 Å². The fraction of sp³-hybridized carbons (Fsp3) is 0.333. The Labute approximate surface area is 90.9 Å². The van der Waals surface area contributed by atoms with Gasteiger partial charge in [0.05, 0.1) is 6.10 Å². The molecule has 0 saturated carbocycles. The molecule has 1 unspecified atom stereocenters. The van der Waals surface area contributed by atoms with Crippen LogP contribution in [0, 0.1) is 0 Å². The summed E-state index contributed by atoms with van der Waals surface area (Å²) in [5.41, 5.74) is 4.74. The van der Waals surface area contributed by atoms with Gasteiger partial charge in [0.2, 0.25) is 0 Å². The van der Waals surface area contributed by atoms with Gasteiger partial charge in [0, 0.05) is 11.4 Å². The van der Waals surface area contributed by atoms with Crippen LogP contribution < -0.4 is 11.1 Å². The SMILES string of the molecule is NC(=O)C(=O)NCCC(O)c1cccs1. The minimum atomic E-state index is -1.01. The molecule has 15 heavy (non-hydrogen) atoms. The van der Waals surface area contributed by atoms with Crippen molar-refractivity contribution in [2.75, 3.05) is 6.54 Å². The summed E-state index contributed by atoms with van der Waals surface area (Å²) in [7, 11) is 0. The van der Waals surface area contributed by atoms with E-state index in [0.29, 0.717) is 6.42 Å². The third kappa shape index (κ3) is 3.69. The highest BCUT2D eigenvalue weighted by Gasteiger charge is 2.11. The largest absolute Gasteiger partial charge is 0.388 e. The van der Waals surface area contributed by atoms with E-state index in [9.17, 15) is 14.7 Å². The molecule has 1 heterocycles. The Morgan fingerprint density at radius 2 is 2.33 bits per heavy atom. The molecule has 1 atom stereocenters. The zero-order valence-corrected chi connectivity index (χ0v) is 8.79.